The molecule has 1 unspecified atom stereocenters. The van der Waals surface area contributed by atoms with Crippen LogP contribution < -0.4 is 20.1 Å². The van der Waals surface area contributed by atoms with E-state index in [1.54, 1.807) is 7.11 Å². The zero-order chi connectivity index (χ0) is 21.9. The lowest BCUT2D eigenvalue weighted by molar-refractivity contribution is 0.223. The van der Waals surface area contributed by atoms with E-state index in [1.807, 2.05) is 68.7 Å². The van der Waals surface area contributed by atoms with Gasteiger partial charge in [0.15, 0.2) is 5.96 Å². The maximum Gasteiger partial charge on any atom is 0.191 e. The molecule has 0 saturated carbocycles. The van der Waals surface area contributed by atoms with Gasteiger partial charge >= 0.3 is 0 Å². The Morgan fingerprint density at radius 3 is 2.68 bits per heavy atom. The van der Waals surface area contributed by atoms with Gasteiger partial charge in [-0.2, -0.15) is 0 Å². The summed E-state index contributed by atoms with van der Waals surface area (Å²) in [5, 5.41) is 6.62. The van der Waals surface area contributed by atoms with Crippen molar-refractivity contribution < 1.29 is 9.47 Å². The van der Waals surface area contributed by atoms with E-state index < -0.39 is 0 Å². The van der Waals surface area contributed by atoms with E-state index >= 15 is 0 Å². The van der Waals surface area contributed by atoms with E-state index in [4.69, 9.17) is 14.5 Å². The van der Waals surface area contributed by atoms with Gasteiger partial charge in [-0.3, -0.25) is 0 Å². The van der Waals surface area contributed by atoms with Crippen molar-refractivity contribution in [2.24, 2.45) is 4.99 Å². The fraction of sp³-hybridized carbons (Fsp3) is 0.333. The highest BCUT2D eigenvalue weighted by atomic mass is 16.5. The third-order valence-electron chi connectivity index (χ3n) is 4.66. The molecule has 3 aromatic rings. The number of guanidine groups is 1. The minimum Gasteiger partial charge on any atom is -0.497 e. The molecule has 0 fully saturated rings. The lowest BCUT2D eigenvalue weighted by Crippen LogP contribution is -2.41. The molecule has 0 bridgehead atoms. The summed E-state index contributed by atoms with van der Waals surface area (Å²) >= 11 is 0. The van der Waals surface area contributed by atoms with Gasteiger partial charge in [-0.15, -0.1) is 0 Å². The number of aromatic nitrogens is 2. The SMILES string of the molecule is CCNC(=NCc1nccn1Cc1ccccc1)NCC(C)Oc1cccc(OC)c1. The molecule has 2 N–H and O–H groups in total. The molecular weight excluding hydrogens is 390 g/mol. The Morgan fingerprint density at radius 1 is 1.10 bits per heavy atom. The van der Waals surface area contributed by atoms with Gasteiger partial charge in [0.05, 0.1) is 13.7 Å². The van der Waals surface area contributed by atoms with E-state index in [-0.39, 0.29) is 6.10 Å². The Morgan fingerprint density at radius 2 is 1.90 bits per heavy atom. The molecule has 31 heavy (non-hydrogen) atoms. The maximum absolute atomic E-state index is 5.98. The lowest BCUT2D eigenvalue weighted by Gasteiger charge is -2.18. The zero-order valence-electron chi connectivity index (χ0n) is 18.4. The minimum atomic E-state index is -0.0453. The Hall–Kier alpha value is -3.48. The molecule has 3 rings (SSSR count). The van der Waals surface area contributed by atoms with Crippen molar-refractivity contribution in [2.75, 3.05) is 20.2 Å². The molecular formula is C24H31N5O2. The van der Waals surface area contributed by atoms with Crippen molar-refractivity contribution in [1.29, 1.82) is 0 Å². The van der Waals surface area contributed by atoms with Crippen LogP contribution in [0.15, 0.2) is 72.0 Å². The van der Waals surface area contributed by atoms with Crippen LogP contribution >= 0.6 is 0 Å². The molecule has 0 aliphatic heterocycles. The Balaban J connectivity index is 1.56. The summed E-state index contributed by atoms with van der Waals surface area (Å²) in [6.07, 6.45) is 3.76. The molecule has 0 spiro atoms. The topological polar surface area (TPSA) is 72.7 Å². The number of benzene rings is 2. The van der Waals surface area contributed by atoms with E-state index in [9.17, 15) is 0 Å². The summed E-state index contributed by atoms with van der Waals surface area (Å²) < 4.78 is 13.3. The molecule has 7 heteroatoms. The molecule has 7 nitrogen and oxygen atoms in total. The van der Waals surface area contributed by atoms with Gasteiger partial charge in [-0.05, 0) is 31.5 Å². The first-order valence-corrected chi connectivity index (χ1v) is 10.5. The second-order valence-electron chi connectivity index (χ2n) is 7.14. The number of hydrogen-bond acceptors (Lipinski definition) is 4. The molecule has 1 atom stereocenters. The molecule has 164 valence electrons. The van der Waals surface area contributed by atoms with Crippen molar-refractivity contribution in [3.63, 3.8) is 0 Å². The number of hydrogen-bond donors (Lipinski definition) is 2. The van der Waals surface area contributed by atoms with Crippen molar-refractivity contribution >= 4 is 5.96 Å². The van der Waals surface area contributed by atoms with E-state index in [0.29, 0.717) is 13.1 Å². The first kappa shape index (κ1) is 22.2. The largest absolute Gasteiger partial charge is 0.497 e. The van der Waals surface area contributed by atoms with Crippen LogP contribution in [0, 0.1) is 0 Å². The van der Waals surface area contributed by atoms with Crippen LogP contribution in [-0.2, 0) is 13.1 Å². The summed E-state index contributed by atoms with van der Waals surface area (Å²) in [5.41, 5.74) is 1.24. The Labute approximate surface area is 184 Å². The zero-order valence-corrected chi connectivity index (χ0v) is 18.4. The van der Waals surface area contributed by atoms with Crippen LogP contribution in [0.2, 0.25) is 0 Å². The van der Waals surface area contributed by atoms with Crippen molar-refractivity contribution in [3.05, 3.63) is 78.4 Å². The van der Waals surface area contributed by atoms with E-state index in [1.165, 1.54) is 5.56 Å². The third-order valence-corrected chi connectivity index (χ3v) is 4.66. The quantitative estimate of drug-likeness (QED) is 0.387. The van der Waals surface area contributed by atoms with Crippen LogP contribution in [-0.4, -0.2) is 41.8 Å². The molecule has 0 radical (unpaired) electrons. The number of aliphatic imine (C=N–C) groups is 1. The highest BCUT2D eigenvalue weighted by Gasteiger charge is 2.08. The second kappa shape index (κ2) is 11.6. The molecule has 1 heterocycles. The number of rotatable bonds is 10. The fourth-order valence-corrected chi connectivity index (χ4v) is 3.10. The van der Waals surface area contributed by atoms with Gasteiger partial charge in [-0.25, -0.2) is 9.98 Å². The second-order valence-corrected chi connectivity index (χ2v) is 7.14. The van der Waals surface area contributed by atoms with Crippen molar-refractivity contribution in [2.45, 2.75) is 33.0 Å². The number of imidazole rings is 1. The molecule has 2 aromatic carbocycles. The average molecular weight is 422 g/mol. The summed E-state index contributed by atoms with van der Waals surface area (Å²) in [7, 11) is 1.65. The summed E-state index contributed by atoms with van der Waals surface area (Å²) in [5.74, 6) is 3.21. The molecule has 1 aromatic heterocycles. The number of methoxy groups -OCH3 is 1. The predicted molar refractivity (Wildman–Crippen MR) is 124 cm³/mol. The lowest BCUT2D eigenvalue weighted by atomic mass is 10.2. The van der Waals surface area contributed by atoms with Crippen LogP contribution in [0.1, 0.15) is 25.2 Å². The smallest absolute Gasteiger partial charge is 0.191 e. The van der Waals surface area contributed by atoms with Crippen LogP contribution in [0.5, 0.6) is 11.5 Å². The monoisotopic (exact) mass is 421 g/mol. The first-order chi connectivity index (χ1) is 15.2. The number of ether oxygens (including phenoxy) is 2. The highest BCUT2D eigenvalue weighted by Crippen LogP contribution is 2.19. The van der Waals surface area contributed by atoms with Gasteiger partial charge in [-0.1, -0.05) is 36.4 Å². The van der Waals surface area contributed by atoms with Crippen LogP contribution in [0.25, 0.3) is 0 Å². The standard InChI is InChI=1S/C24H31N5O2/c1-4-25-24(27-16-19(2)31-22-12-8-11-21(15-22)30-3)28-17-23-26-13-14-29(23)18-20-9-6-5-7-10-20/h5-15,19H,4,16-18H2,1-3H3,(H2,25,27,28). The van der Waals surface area contributed by atoms with Gasteiger partial charge in [0.1, 0.15) is 30.0 Å². The molecule has 0 aliphatic carbocycles. The third kappa shape index (κ3) is 7.06. The summed E-state index contributed by atoms with van der Waals surface area (Å²) in [6, 6.07) is 18.0. The summed E-state index contributed by atoms with van der Waals surface area (Å²) in [4.78, 5) is 9.18. The van der Waals surface area contributed by atoms with Gasteiger partial charge in [0, 0.05) is 31.5 Å². The van der Waals surface area contributed by atoms with Crippen LogP contribution in [0.4, 0.5) is 0 Å². The minimum absolute atomic E-state index is 0.0453. The predicted octanol–water partition coefficient (Wildman–Crippen LogP) is 3.46. The van der Waals surface area contributed by atoms with Crippen LogP contribution in [0.3, 0.4) is 0 Å². The number of nitrogens with one attached hydrogen (secondary N) is 2. The number of nitrogens with zero attached hydrogens (tertiary/aromatic N) is 3. The van der Waals surface area contributed by atoms with Gasteiger partial charge < -0.3 is 24.7 Å². The van der Waals surface area contributed by atoms with E-state index in [0.717, 1.165) is 36.4 Å². The molecule has 0 aliphatic rings. The Bertz CT molecular complexity index is 955. The molecule has 0 saturated heterocycles. The first-order valence-electron chi connectivity index (χ1n) is 10.5. The maximum atomic E-state index is 5.98. The van der Waals surface area contributed by atoms with Crippen molar-refractivity contribution in [3.8, 4) is 11.5 Å². The highest BCUT2D eigenvalue weighted by molar-refractivity contribution is 5.79. The van der Waals surface area contributed by atoms with E-state index in [2.05, 4.69) is 32.3 Å². The Kier molecular flexibility index (Phi) is 8.34. The average Bonchev–Trinajstić information content (AvgIpc) is 3.23. The summed E-state index contributed by atoms with van der Waals surface area (Å²) in [6.45, 7) is 6.71. The fourth-order valence-electron chi connectivity index (χ4n) is 3.10. The van der Waals surface area contributed by atoms with Gasteiger partial charge in [0.2, 0.25) is 0 Å². The molecule has 0 amide bonds. The van der Waals surface area contributed by atoms with Crippen molar-refractivity contribution in [1.82, 2.24) is 20.2 Å². The van der Waals surface area contributed by atoms with Gasteiger partial charge in [0.25, 0.3) is 0 Å². The normalized spacial score (nSPS) is 12.3.